The molecule has 1 aliphatic rings. The number of anilines is 1. The summed E-state index contributed by atoms with van der Waals surface area (Å²) in [6, 6.07) is 3.68. The molecule has 5 nitrogen and oxygen atoms in total. The topological polar surface area (TPSA) is 48.1 Å². The lowest BCUT2D eigenvalue weighted by Gasteiger charge is -2.34. The number of nitrogens with one attached hydrogen (secondary N) is 2. The van der Waals surface area contributed by atoms with Crippen molar-refractivity contribution in [3.05, 3.63) is 33.9 Å². The first kappa shape index (κ1) is 18.2. The first-order valence-corrected chi connectivity index (χ1v) is 9.40. The Morgan fingerprint density at radius 2 is 2.00 bits per heavy atom. The number of carbonyl (C=O) groups excluding carboxylic acids is 1. The minimum atomic E-state index is -0.327. The Hall–Kier alpha value is -1.56. The summed E-state index contributed by atoms with van der Waals surface area (Å²) in [5.41, 5.74) is 2.15. The third-order valence-corrected chi connectivity index (χ3v) is 5.55. The average molecular weight is 384 g/mol. The van der Waals surface area contributed by atoms with Gasteiger partial charge in [0.25, 0.3) is 0 Å². The predicted octanol–water partition coefficient (Wildman–Crippen LogP) is 1.86. The van der Waals surface area contributed by atoms with Crippen molar-refractivity contribution in [3.63, 3.8) is 0 Å². The van der Waals surface area contributed by atoms with Crippen molar-refractivity contribution in [2.24, 2.45) is 0 Å². The van der Waals surface area contributed by atoms with Gasteiger partial charge in [-0.15, -0.1) is 0 Å². The molecule has 2 N–H and O–H groups in total. The van der Waals surface area contributed by atoms with Gasteiger partial charge < -0.3 is 14.5 Å². The van der Waals surface area contributed by atoms with Crippen LogP contribution in [-0.4, -0.2) is 45.3 Å². The van der Waals surface area contributed by atoms with E-state index in [1.807, 2.05) is 13.0 Å². The number of aromatic nitrogens is 1. The molecule has 7 heteroatoms. The second-order valence-corrected chi connectivity index (χ2v) is 6.93. The molecule has 1 aliphatic heterocycles. The van der Waals surface area contributed by atoms with E-state index in [0.717, 1.165) is 49.3 Å². The Labute approximate surface area is 157 Å². The molecule has 3 rings (SSSR count). The largest absolute Gasteiger partial charge is 0.462 e. The molecule has 0 radical (unpaired) electrons. The molecule has 2 heterocycles. The number of esters is 1. The maximum atomic E-state index is 12.5. The summed E-state index contributed by atoms with van der Waals surface area (Å²) in [4.78, 5) is 19.4. The van der Waals surface area contributed by atoms with Gasteiger partial charge in [0, 0.05) is 0 Å². The highest BCUT2D eigenvalue weighted by atomic mass is 35.5. The van der Waals surface area contributed by atoms with Crippen molar-refractivity contribution >= 4 is 45.8 Å². The predicted molar refractivity (Wildman–Crippen MR) is 99.9 cm³/mol. The molecule has 0 aliphatic carbocycles. The number of rotatable bonds is 4. The van der Waals surface area contributed by atoms with Gasteiger partial charge in [0.2, 0.25) is 5.52 Å². The summed E-state index contributed by atoms with van der Waals surface area (Å²) < 4.78 is 5.25. The molecule has 1 aromatic heterocycles. The number of ether oxygens (including phenoxy) is 1. The number of aromatic amines is 1. The van der Waals surface area contributed by atoms with E-state index >= 15 is 0 Å². The van der Waals surface area contributed by atoms with Gasteiger partial charge in [0.15, 0.2) is 6.20 Å². The molecule has 1 fully saturated rings. The van der Waals surface area contributed by atoms with Crippen LogP contribution in [0.2, 0.25) is 10.0 Å². The lowest BCUT2D eigenvalue weighted by atomic mass is 10.1. The first-order valence-electron chi connectivity index (χ1n) is 8.64. The van der Waals surface area contributed by atoms with Crippen molar-refractivity contribution in [1.82, 2.24) is 0 Å². The summed E-state index contributed by atoms with van der Waals surface area (Å²) >= 11 is 12.5. The third-order valence-electron chi connectivity index (χ3n) is 4.75. The molecule has 0 bridgehead atoms. The Kier molecular flexibility index (Phi) is 5.67. The van der Waals surface area contributed by atoms with Crippen LogP contribution in [0, 0.1) is 0 Å². The number of halogens is 2. The number of fused-ring (bicyclic) bond motifs is 1. The van der Waals surface area contributed by atoms with Crippen LogP contribution in [0.3, 0.4) is 0 Å². The van der Waals surface area contributed by atoms with Crippen LogP contribution < -0.4 is 14.8 Å². The van der Waals surface area contributed by atoms with Gasteiger partial charge in [-0.25, -0.2) is 9.78 Å². The number of pyridine rings is 1. The van der Waals surface area contributed by atoms with E-state index in [9.17, 15) is 4.79 Å². The van der Waals surface area contributed by atoms with Gasteiger partial charge in [0.05, 0.1) is 55.4 Å². The van der Waals surface area contributed by atoms with Gasteiger partial charge in [0.1, 0.15) is 10.6 Å². The smallest absolute Gasteiger partial charge is 0.346 e. The molecule has 1 saturated heterocycles. The van der Waals surface area contributed by atoms with Crippen LogP contribution in [0.5, 0.6) is 0 Å². The molecule has 0 unspecified atom stereocenters. The molecule has 1 aromatic carbocycles. The number of quaternary nitrogens is 1. The van der Waals surface area contributed by atoms with Crippen LogP contribution >= 0.6 is 23.2 Å². The number of carbonyl (C=O) groups is 1. The third kappa shape index (κ3) is 3.54. The summed E-state index contributed by atoms with van der Waals surface area (Å²) in [5, 5.41) is 1.84. The molecule has 2 aromatic rings. The fraction of sp³-hybridized carbons (Fsp3) is 0.444. The highest BCUT2D eigenvalue weighted by Crippen LogP contribution is 2.35. The first-order chi connectivity index (χ1) is 12.1. The van der Waals surface area contributed by atoms with E-state index in [0.29, 0.717) is 22.2 Å². The van der Waals surface area contributed by atoms with Crippen LogP contribution in [0.25, 0.3) is 10.9 Å². The van der Waals surface area contributed by atoms with Crippen molar-refractivity contribution in [2.45, 2.75) is 13.8 Å². The summed E-state index contributed by atoms with van der Waals surface area (Å²) in [7, 11) is 0. The van der Waals surface area contributed by atoms with Gasteiger partial charge in [-0.2, -0.15) is 0 Å². The fourth-order valence-corrected chi connectivity index (χ4v) is 3.73. The van der Waals surface area contributed by atoms with Crippen molar-refractivity contribution in [1.29, 1.82) is 0 Å². The zero-order valence-corrected chi connectivity index (χ0v) is 16.0. The van der Waals surface area contributed by atoms with Crippen LogP contribution in [0.1, 0.15) is 24.2 Å². The van der Waals surface area contributed by atoms with E-state index in [4.69, 9.17) is 27.9 Å². The summed E-state index contributed by atoms with van der Waals surface area (Å²) in [6.45, 7) is 9.31. The number of hydrogen-bond donors (Lipinski definition) is 1. The molecular weight excluding hydrogens is 361 g/mol. The van der Waals surface area contributed by atoms with Crippen LogP contribution in [0.15, 0.2) is 18.3 Å². The second-order valence-electron chi connectivity index (χ2n) is 6.15. The molecular formula is C18H23Cl2N3O2+2. The Bertz CT molecular complexity index is 789. The zero-order valence-electron chi connectivity index (χ0n) is 14.5. The molecule has 0 saturated carbocycles. The Balaban J connectivity index is 2.12. The van der Waals surface area contributed by atoms with E-state index in [1.54, 1.807) is 17.2 Å². The normalized spacial score (nSPS) is 15.6. The van der Waals surface area contributed by atoms with Crippen molar-refractivity contribution < 1.29 is 19.4 Å². The van der Waals surface area contributed by atoms with Crippen molar-refractivity contribution in [3.8, 4) is 0 Å². The Morgan fingerprint density at radius 3 is 2.64 bits per heavy atom. The maximum absolute atomic E-state index is 12.5. The number of hydrogen-bond acceptors (Lipinski definition) is 3. The lowest BCUT2D eigenvalue weighted by Crippen LogP contribution is -3.14. The van der Waals surface area contributed by atoms with Crippen LogP contribution in [0.4, 0.5) is 5.69 Å². The molecule has 0 amide bonds. The number of benzene rings is 1. The molecule has 0 spiro atoms. The van der Waals surface area contributed by atoms with Gasteiger partial charge in [-0.3, -0.25) is 0 Å². The van der Waals surface area contributed by atoms with E-state index in [2.05, 4.69) is 16.8 Å². The number of likely N-dealkylation sites (N-methyl/N-ethyl adjacent to an activating group) is 1. The van der Waals surface area contributed by atoms with Gasteiger partial charge >= 0.3 is 5.97 Å². The van der Waals surface area contributed by atoms with E-state index < -0.39 is 0 Å². The van der Waals surface area contributed by atoms with E-state index in [-0.39, 0.29) is 5.97 Å². The SMILES string of the molecule is CCOC(=O)c1c[nH+]c2c(Cl)c(Cl)ccc2c1N1CC[NH+](CC)CC1. The monoisotopic (exact) mass is 383 g/mol. The maximum Gasteiger partial charge on any atom is 0.346 e. The quantitative estimate of drug-likeness (QED) is 0.819. The Morgan fingerprint density at radius 1 is 1.28 bits per heavy atom. The second kappa shape index (κ2) is 7.77. The van der Waals surface area contributed by atoms with Gasteiger partial charge in [-0.1, -0.05) is 23.2 Å². The average Bonchev–Trinajstić information content (AvgIpc) is 2.64. The number of H-pyrrole nitrogens is 1. The lowest BCUT2D eigenvalue weighted by molar-refractivity contribution is -0.898. The molecule has 25 heavy (non-hydrogen) atoms. The minimum Gasteiger partial charge on any atom is -0.462 e. The highest BCUT2D eigenvalue weighted by molar-refractivity contribution is 6.45. The standard InChI is InChI=1S/C18H21Cl2N3O2/c1-3-22-7-9-23(10-8-22)17-12-5-6-14(19)15(20)16(12)21-11-13(17)18(24)25-4-2/h5-6,11H,3-4,7-10H2,1-2H3/p+2. The highest BCUT2D eigenvalue weighted by Gasteiger charge is 2.29. The van der Waals surface area contributed by atoms with Gasteiger partial charge in [-0.05, 0) is 26.0 Å². The zero-order chi connectivity index (χ0) is 18.0. The number of nitrogens with zero attached hydrogens (tertiary/aromatic N) is 1. The summed E-state index contributed by atoms with van der Waals surface area (Å²) in [6.07, 6.45) is 1.68. The summed E-state index contributed by atoms with van der Waals surface area (Å²) in [5.74, 6) is -0.327. The molecule has 134 valence electrons. The van der Waals surface area contributed by atoms with Crippen LogP contribution in [-0.2, 0) is 4.74 Å². The van der Waals surface area contributed by atoms with Crippen molar-refractivity contribution in [2.75, 3.05) is 44.2 Å². The fourth-order valence-electron chi connectivity index (χ4n) is 3.35. The minimum absolute atomic E-state index is 0.327. The number of piperazine rings is 1. The van der Waals surface area contributed by atoms with E-state index in [1.165, 1.54) is 0 Å². The molecule has 0 atom stereocenters.